The quantitative estimate of drug-likeness (QED) is 0.433. The monoisotopic (exact) mass is 539 g/mol. The normalized spacial score (nSPS) is 18.6. The Balaban J connectivity index is 1.41. The molecule has 0 saturated heterocycles. The predicted molar refractivity (Wildman–Crippen MR) is 132 cm³/mol. The number of fused-ring (bicyclic) bond motifs is 2. The summed E-state index contributed by atoms with van der Waals surface area (Å²) < 4.78 is 11.3. The van der Waals surface area contributed by atoms with E-state index in [1.807, 2.05) is 18.2 Å². The Bertz CT molecular complexity index is 1340. The van der Waals surface area contributed by atoms with Crippen LogP contribution in [0.1, 0.15) is 23.1 Å². The van der Waals surface area contributed by atoms with Crippen LogP contribution < -0.4 is 14.4 Å². The van der Waals surface area contributed by atoms with E-state index in [4.69, 9.17) is 21.1 Å². The summed E-state index contributed by atoms with van der Waals surface area (Å²) in [5.41, 5.74) is 0.416. The molecule has 0 spiro atoms. The summed E-state index contributed by atoms with van der Waals surface area (Å²) in [6.07, 6.45) is 2.59. The summed E-state index contributed by atoms with van der Waals surface area (Å²) in [6, 6.07) is 17.8. The average molecular weight is 541 g/mol. The van der Waals surface area contributed by atoms with Crippen LogP contribution in [0.2, 0.25) is 5.02 Å². The number of hydrogen-bond acceptors (Lipinski definition) is 5. The Hall–Kier alpha value is -3.13. The molecule has 1 N–H and O–H groups in total. The van der Waals surface area contributed by atoms with Crippen LogP contribution in [-0.2, 0) is 21.7 Å². The first-order valence-electron chi connectivity index (χ1n) is 10.5. The first-order chi connectivity index (χ1) is 16.3. The van der Waals surface area contributed by atoms with Crippen molar-refractivity contribution in [3.05, 3.63) is 92.9 Å². The summed E-state index contributed by atoms with van der Waals surface area (Å²) in [7, 11) is 0. The maximum Gasteiger partial charge on any atom is 0.264 e. The Kier molecular flexibility index (Phi) is 5.93. The molecule has 1 atom stereocenters. The van der Waals surface area contributed by atoms with Crippen molar-refractivity contribution in [2.45, 2.75) is 18.6 Å². The third kappa shape index (κ3) is 4.11. The van der Waals surface area contributed by atoms with E-state index in [1.54, 1.807) is 48.5 Å². The highest BCUT2D eigenvalue weighted by Crippen LogP contribution is 2.45. The molecule has 1 amide bonds. The minimum Gasteiger partial charge on any atom is -0.454 e. The average Bonchev–Trinajstić information content (AvgIpc) is 3.36. The Morgan fingerprint density at radius 1 is 1.12 bits per heavy atom. The number of nitrogens with zero attached hydrogens (tertiary/aromatic N) is 1. The molecule has 5 rings (SSSR count). The van der Waals surface area contributed by atoms with E-state index in [1.165, 1.54) is 11.0 Å². The van der Waals surface area contributed by atoms with Gasteiger partial charge in [0.2, 0.25) is 6.79 Å². The predicted octanol–water partition coefficient (Wildman–Crippen LogP) is 5.24. The van der Waals surface area contributed by atoms with E-state index in [-0.39, 0.29) is 19.1 Å². The molecule has 2 aliphatic rings. The summed E-state index contributed by atoms with van der Waals surface area (Å²) in [5.74, 6) is 0.299. The van der Waals surface area contributed by atoms with Gasteiger partial charge < -0.3 is 19.5 Å². The second kappa shape index (κ2) is 8.91. The highest BCUT2D eigenvalue weighted by atomic mass is 79.9. The second-order valence-corrected chi connectivity index (χ2v) is 9.42. The van der Waals surface area contributed by atoms with Crippen molar-refractivity contribution in [3.8, 4) is 11.5 Å². The van der Waals surface area contributed by atoms with E-state index in [2.05, 4.69) is 15.9 Å². The molecule has 2 heterocycles. The number of amides is 1. The van der Waals surface area contributed by atoms with Crippen LogP contribution in [0.15, 0.2) is 71.2 Å². The molecule has 6 nitrogen and oxygen atoms in total. The van der Waals surface area contributed by atoms with Gasteiger partial charge in [-0.3, -0.25) is 9.59 Å². The van der Waals surface area contributed by atoms with Crippen molar-refractivity contribution < 1.29 is 24.2 Å². The van der Waals surface area contributed by atoms with E-state index in [0.29, 0.717) is 32.2 Å². The largest absolute Gasteiger partial charge is 0.454 e. The number of ether oxygens (including phenoxy) is 2. The van der Waals surface area contributed by atoms with Crippen LogP contribution in [0.5, 0.6) is 11.5 Å². The lowest BCUT2D eigenvalue weighted by Crippen LogP contribution is -2.41. The molecule has 0 aliphatic carbocycles. The lowest BCUT2D eigenvalue weighted by molar-refractivity contribution is -0.140. The lowest BCUT2D eigenvalue weighted by Gasteiger charge is -2.22. The van der Waals surface area contributed by atoms with Crippen LogP contribution in [-0.4, -0.2) is 23.6 Å². The minimum atomic E-state index is -1.99. The number of rotatable bonds is 6. The zero-order valence-electron chi connectivity index (χ0n) is 17.8. The number of anilines is 1. The zero-order chi connectivity index (χ0) is 23.9. The van der Waals surface area contributed by atoms with Crippen LogP contribution in [0.25, 0.3) is 6.08 Å². The SMILES string of the molecule is O=C(/C=C/c1ccc2c(c1)OCO2)CC1(O)C(=O)N(Cc2ccccc2Cl)c2ccc(Br)cc21. The van der Waals surface area contributed by atoms with E-state index < -0.39 is 17.9 Å². The number of aliphatic hydroxyl groups is 1. The second-order valence-electron chi connectivity index (χ2n) is 8.09. The van der Waals surface area contributed by atoms with Crippen LogP contribution in [0.4, 0.5) is 5.69 Å². The molecule has 0 aromatic heterocycles. The topological polar surface area (TPSA) is 76.1 Å². The van der Waals surface area contributed by atoms with Crippen LogP contribution in [0.3, 0.4) is 0 Å². The number of ketones is 1. The molecule has 172 valence electrons. The van der Waals surface area contributed by atoms with Crippen LogP contribution in [0, 0.1) is 0 Å². The molecule has 3 aromatic rings. The van der Waals surface area contributed by atoms with Gasteiger partial charge in [0.1, 0.15) is 0 Å². The molecule has 8 heteroatoms. The lowest BCUT2D eigenvalue weighted by atomic mass is 9.89. The van der Waals surface area contributed by atoms with E-state index in [0.717, 1.165) is 11.1 Å². The molecule has 1 unspecified atom stereocenters. The number of allylic oxidation sites excluding steroid dienone is 1. The van der Waals surface area contributed by atoms with Gasteiger partial charge in [-0.2, -0.15) is 0 Å². The van der Waals surface area contributed by atoms with Gasteiger partial charge in [0.05, 0.1) is 18.7 Å². The van der Waals surface area contributed by atoms with Crippen molar-refractivity contribution in [2.24, 2.45) is 0 Å². The van der Waals surface area contributed by atoms with Gasteiger partial charge in [-0.25, -0.2) is 0 Å². The molecule has 34 heavy (non-hydrogen) atoms. The van der Waals surface area contributed by atoms with Crippen molar-refractivity contribution in [2.75, 3.05) is 11.7 Å². The standard InChI is InChI=1S/C26H19BrClNO5/c27-18-7-9-22-20(12-18)26(32,25(31)29(22)14-17-3-1-2-4-21(17)28)13-19(30)8-5-16-6-10-23-24(11-16)34-15-33-23/h1-12,32H,13-15H2/b8-5+. The first kappa shape index (κ1) is 22.7. The van der Waals surface area contributed by atoms with Crippen molar-refractivity contribution in [1.82, 2.24) is 0 Å². The molecule has 0 radical (unpaired) electrons. The fourth-order valence-corrected chi connectivity index (χ4v) is 4.72. The summed E-state index contributed by atoms with van der Waals surface area (Å²) in [4.78, 5) is 27.8. The number of halogens is 2. The number of hydrogen-bond donors (Lipinski definition) is 1. The Morgan fingerprint density at radius 2 is 1.91 bits per heavy atom. The number of benzene rings is 3. The molecule has 2 aliphatic heterocycles. The zero-order valence-corrected chi connectivity index (χ0v) is 20.2. The molecule has 0 saturated carbocycles. The van der Waals surface area contributed by atoms with Gasteiger partial charge in [0, 0.05) is 15.1 Å². The smallest absolute Gasteiger partial charge is 0.264 e. The van der Waals surface area contributed by atoms with Crippen molar-refractivity contribution in [3.63, 3.8) is 0 Å². The van der Waals surface area contributed by atoms with Gasteiger partial charge in [0.15, 0.2) is 22.9 Å². The van der Waals surface area contributed by atoms with Crippen LogP contribution >= 0.6 is 27.5 Å². The molecule has 3 aromatic carbocycles. The van der Waals surface area contributed by atoms with Crippen molar-refractivity contribution >= 4 is 51.0 Å². The number of carbonyl (C=O) groups is 2. The number of carbonyl (C=O) groups excluding carboxylic acids is 2. The van der Waals surface area contributed by atoms with Gasteiger partial charge in [0.25, 0.3) is 5.91 Å². The first-order valence-corrected chi connectivity index (χ1v) is 11.7. The Morgan fingerprint density at radius 3 is 2.74 bits per heavy atom. The summed E-state index contributed by atoms with van der Waals surface area (Å²) in [6.45, 7) is 0.340. The summed E-state index contributed by atoms with van der Waals surface area (Å²) >= 11 is 9.71. The molecular formula is C26H19BrClNO5. The maximum atomic E-state index is 13.5. The van der Waals surface area contributed by atoms with Gasteiger partial charge in [-0.15, -0.1) is 0 Å². The third-order valence-corrected chi connectivity index (χ3v) is 6.73. The van der Waals surface area contributed by atoms with Gasteiger partial charge in [-0.1, -0.05) is 57.9 Å². The summed E-state index contributed by atoms with van der Waals surface area (Å²) in [5, 5.41) is 12.0. The van der Waals surface area contributed by atoms with Crippen molar-refractivity contribution in [1.29, 1.82) is 0 Å². The molecular weight excluding hydrogens is 522 g/mol. The van der Waals surface area contributed by atoms with E-state index >= 15 is 0 Å². The third-order valence-electron chi connectivity index (χ3n) is 5.87. The fourth-order valence-electron chi connectivity index (χ4n) is 4.16. The molecule has 0 bridgehead atoms. The highest BCUT2D eigenvalue weighted by Gasteiger charge is 2.50. The highest BCUT2D eigenvalue weighted by molar-refractivity contribution is 9.10. The maximum absolute atomic E-state index is 13.5. The fraction of sp³-hybridized carbons (Fsp3) is 0.154. The molecule has 0 fully saturated rings. The van der Waals surface area contributed by atoms with Gasteiger partial charge in [-0.05, 0) is 53.6 Å². The minimum absolute atomic E-state index is 0.163. The Labute approximate surface area is 209 Å². The van der Waals surface area contributed by atoms with Gasteiger partial charge >= 0.3 is 0 Å². The van der Waals surface area contributed by atoms with E-state index in [9.17, 15) is 14.7 Å².